The molecule has 0 amide bonds. The van der Waals surface area contributed by atoms with E-state index in [1.807, 2.05) is 0 Å². The van der Waals surface area contributed by atoms with Crippen LogP contribution in [-0.2, 0) is 10.0 Å². The second-order valence-electron chi connectivity index (χ2n) is 3.20. The van der Waals surface area contributed by atoms with Crippen LogP contribution < -0.4 is 0 Å². The summed E-state index contributed by atoms with van der Waals surface area (Å²) < 4.78 is 37.2. The molecule has 0 aliphatic rings. The van der Waals surface area contributed by atoms with Crippen LogP contribution in [0.3, 0.4) is 0 Å². The first-order valence-corrected chi connectivity index (χ1v) is 6.70. The van der Waals surface area contributed by atoms with Crippen LogP contribution in [0, 0.1) is 5.82 Å². The first-order chi connectivity index (χ1) is 6.89. The van der Waals surface area contributed by atoms with Crippen molar-refractivity contribution in [1.29, 1.82) is 0 Å². The number of rotatable bonds is 1. The monoisotopic (exact) mass is 291 g/mol. The zero-order valence-electron chi connectivity index (χ0n) is 7.74. The number of aromatic nitrogens is 1. The number of benzene rings is 1. The lowest BCUT2D eigenvalue weighted by molar-refractivity contribution is 0.595. The highest BCUT2D eigenvalue weighted by Crippen LogP contribution is 2.24. The maximum absolute atomic E-state index is 13.1. The molecule has 0 bridgehead atoms. The van der Waals surface area contributed by atoms with Crippen LogP contribution in [0.5, 0.6) is 0 Å². The van der Waals surface area contributed by atoms with Crippen LogP contribution in [0.25, 0.3) is 10.9 Å². The summed E-state index contributed by atoms with van der Waals surface area (Å²) >= 11 is 3.02. The Bertz CT molecular complexity index is 633. The van der Waals surface area contributed by atoms with Gasteiger partial charge in [-0.2, -0.15) is 0 Å². The fourth-order valence-electron chi connectivity index (χ4n) is 1.39. The Morgan fingerprint density at radius 3 is 2.67 bits per heavy atom. The molecule has 0 radical (unpaired) electrons. The topological polar surface area (TPSA) is 39.1 Å². The first-order valence-electron chi connectivity index (χ1n) is 4.06. The third-order valence-corrected chi connectivity index (χ3v) is 3.69. The molecule has 0 saturated carbocycles. The average molecular weight is 292 g/mol. The van der Waals surface area contributed by atoms with Gasteiger partial charge in [-0.1, -0.05) is 0 Å². The summed E-state index contributed by atoms with van der Waals surface area (Å²) in [6, 6.07) is 4.30. The number of halogens is 2. The molecule has 1 aromatic heterocycles. The van der Waals surface area contributed by atoms with Gasteiger partial charge in [-0.05, 0) is 34.1 Å². The van der Waals surface area contributed by atoms with Crippen molar-refractivity contribution < 1.29 is 12.8 Å². The molecule has 0 aliphatic carbocycles. The highest BCUT2D eigenvalue weighted by molar-refractivity contribution is 9.10. The highest BCUT2D eigenvalue weighted by Gasteiger charge is 2.11. The van der Waals surface area contributed by atoms with E-state index >= 15 is 0 Å². The summed E-state index contributed by atoms with van der Waals surface area (Å²) in [5.74, 6) is -0.409. The first kappa shape index (κ1) is 10.6. The van der Waals surface area contributed by atoms with Gasteiger partial charge in [0.1, 0.15) is 5.82 Å². The molecule has 1 heterocycles. The summed E-state index contributed by atoms with van der Waals surface area (Å²) in [6.07, 6.45) is 2.51. The lowest BCUT2D eigenvalue weighted by atomic mass is 10.2. The molecular weight excluding hydrogens is 285 g/mol. The standard InChI is InChI=1S/C9H7BrFNO2S/c1-15(13,14)12-3-2-6-4-8(11)7(10)5-9(6)12/h2-5H,1H3. The van der Waals surface area contributed by atoms with E-state index in [-0.39, 0.29) is 4.47 Å². The van der Waals surface area contributed by atoms with Crippen LogP contribution in [0.2, 0.25) is 0 Å². The van der Waals surface area contributed by atoms with E-state index in [4.69, 9.17) is 0 Å². The number of hydrogen-bond donors (Lipinski definition) is 0. The van der Waals surface area contributed by atoms with Gasteiger partial charge >= 0.3 is 0 Å². The maximum atomic E-state index is 13.1. The Kier molecular flexibility index (Phi) is 2.35. The van der Waals surface area contributed by atoms with Crippen molar-refractivity contribution in [3.8, 4) is 0 Å². The molecule has 0 spiro atoms. The van der Waals surface area contributed by atoms with Crippen LogP contribution in [-0.4, -0.2) is 18.6 Å². The van der Waals surface area contributed by atoms with Crippen molar-refractivity contribution in [1.82, 2.24) is 3.97 Å². The van der Waals surface area contributed by atoms with Gasteiger partial charge in [-0.25, -0.2) is 16.8 Å². The van der Waals surface area contributed by atoms with Crippen molar-refractivity contribution >= 4 is 36.9 Å². The second kappa shape index (κ2) is 3.31. The minimum Gasteiger partial charge on any atom is -0.245 e. The van der Waals surface area contributed by atoms with E-state index in [0.29, 0.717) is 10.9 Å². The van der Waals surface area contributed by atoms with Crippen LogP contribution >= 0.6 is 15.9 Å². The van der Waals surface area contributed by atoms with Gasteiger partial charge in [0.25, 0.3) is 0 Å². The molecule has 0 N–H and O–H groups in total. The number of hydrogen-bond acceptors (Lipinski definition) is 2. The van der Waals surface area contributed by atoms with Gasteiger partial charge in [0.15, 0.2) is 0 Å². The van der Waals surface area contributed by atoms with Gasteiger partial charge in [0.2, 0.25) is 10.0 Å². The highest BCUT2D eigenvalue weighted by atomic mass is 79.9. The fourth-order valence-corrected chi connectivity index (χ4v) is 2.52. The Morgan fingerprint density at radius 1 is 1.40 bits per heavy atom. The molecule has 2 aromatic rings. The Labute approximate surface area is 94.7 Å². The molecule has 80 valence electrons. The normalized spacial score (nSPS) is 12.2. The smallest absolute Gasteiger partial charge is 0.236 e. The molecule has 15 heavy (non-hydrogen) atoms. The van der Waals surface area contributed by atoms with Crippen molar-refractivity contribution in [2.75, 3.05) is 6.26 Å². The van der Waals surface area contributed by atoms with Gasteiger partial charge in [0, 0.05) is 11.6 Å². The SMILES string of the molecule is CS(=O)(=O)n1ccc2cc(F)c(Br)cc21. The lowest BCUT2D eigenvalue weighted by Gasteiger charge is -2.02. The number of fused-ring (bicyclic) bond motifs is 1. The third kappa shape index (κ3) is 1.79. The van der Waals surface area contributed by atoms with Crippen molar-refractivity contribution in [2.24, 2.45) is 0 Å². The predicted molar refractivity (Wildman–Crippen MR) is 59.8 cm³/mol. The van der Waals surface area contributed by atoms with Gasteiger partial charge in [-0.3, -0.25) is 0 Å². The minimum absolute atomic E-state index is 0.249. The maximum Gasteiger partial charge on any atom is 0.236 e. The quantitative estimate of drug-likeness (QED) is 0.809. The zero-order valence-corrected chi connectivity index (χ0v) is 10.1. The van der Waals surface area contributed by atoms with Crippen molar-refractivity contribution in [3.63, 3.8) is 0 Å². The van der Waals surface area contributed by atoms with E-state index in [2.05, 4.69) is 15.9 Å². The molecule has 2 rings (SSSR count). The van der Waals surface area contributed by atoms with Gasteiger partial charge < -0.3 is 0 Å². The summed E-state index contributed by atoms with van der Waals surface area (Å²) in [7, 11) is -3.34. The van der Waals surface area contributed by atoms with E-state index < -0.39 is 15.8 Å². The van der Waals surface area contributed by atoms with E-state index in [1.54, 1.807) is 6.07 Å². The van der Waals surface area contributed by atoms with Crippen LogP contribution in [0.1, 0.15) is 0 Å². The molecule has 6 heteroatoms. The second-order valence-corrected chi connectivity index (χ2v) is 5.91. The summed E-state index contributed by atoms with van der Waals surface area (Å²) in [4.78, 5) is 0. The minimum atomic E-state index is -3.34. The Hall–Kier alpha value is -0.880. The summed E-state index contributed by atoms with van der Waals surface area (Å²) in [6.45, 7) is 0. The molecule has 3 nitrogen and oxygen atoms in total. The molecule has 1 aromatic carbocycles. The predicted octanol–water partition coefficient (Wildman–Crippen LogP) is 2.35. The van der Waals surface area contributed by atoms with Crippen LogP contribution in [0.15, 0.2) is 28.9 Å². The average Bonchev–Trinajstić information content (AvgIpc) is 2.47. The van der Waals surface area contributed by atoms with Crippen LogP contribution in [0.4, 0.5) is 4.39 Å². The van der Waals surface area contributed by atoms with Gasteiger partial charge in [0.05, 0.1) is 16.2 Å². The molecule has 0 atom stereocenters. The Balaban J connectivity index is 2.87. The van der Waals surface area contributed by atoms with Crippen molar-refractivity contribution in [3.05, 3.63) is 34.7 Å². The lowest BCUT2D eigenvalue weighted by Crippen LogP contribution is -2.08. The number of nitrogens with zero attached hydrogens (tertiary/aromatic N) is 1. The van der Waals surface area contributed by atoms with E-state index in [0.717, 1.165) is 10.2 Å². The largest absolute Gasteiger partial charge is 0.245 e. The van der Waals surface area contributed by atoms with Crippen molar-refractivity contribution in [2.45, 2.75) is 0 Å². The van der Waals surface area contributed by atoms with E-state index in [9.17, 15) is 12.8 Å². The zero-order chi connectivity index (χ0) is 11.2. The van der Waals surface area contributed by atoms with E-state index in [1.165, 1.54) is 18.3 Å². The molecule has 0 aliphatic heterocycles. The summed E-state index contributed by atoms with van der Waals surface area (Å²) in [5.41, 5.74) is 0.464. The fraction of sp³-hybridized carbons (Fsp3) is 0.111. The molecule has 0 unspecified atom stereocenters. The molecule has 0 saturated heterocycles. The Morgan fingerprint density at radius 2 is 2.07 bits per heavy atom. The van der Waals surface area contributed by atoms with Gasteiger partial charge in [-0.15, -0.1) is 0 Å². The third-order valence-electron chi connectivity index (χ3n) is 2.05. The summed E-state index contributed by atoms with van der Waals surface area (Å²) in [5, 5.41) is 0.557. The molecule has 0 fully saturated rings. The molecular formula is C9H7BrFNO2S.